The van der Waals surface area contributed by atoms with Gasteiger partial charge in [0.25, 0.3) is 5.91 Å². The third-order valence-electron chi connectivity index (χ3n) is 3.61. The van der Waals surface area contributed by atoms with Crippen LogP contribution in [0.1, 0.15) is 30.1 Å². The number of nitrogens with one attached hydrogen (secondary N) is 1. The highest BCUT2D eigenvalue weighted by Gasteiger charge is 2.22. The van der Waals surface area contributed by atoms with E-state index < -0.39 is 0 Å². The van der Waals surface area contributed by atoms with Gasteiger partial charge in [-0.1, -0.05) is 6.07 Å². The lowest BCUT2D eigenvalue weighted by atomic mass is 10.0. The molecule has 0 unspecified atom stereocenters. The largest absolute Gasteiger partial charge is 0.497 e. The number of carbonyl (C=O) groups excluding carboxylic acids is 2. The molecular formula is C15H20N2O3. The van der Waals surface area contributed by atoms with E-state index in [1.54, 1.807) is 32.2 Å². The normalized spacial score (nSPS) is 15.8. The molecule has 0 bridgehead atoms. The lowest BCUT2D eigenvalue weighted by molar-refractivity contribution is -0.129. The number of rotatable bonds is 3. The molecule has 1 N–H and O–H groups in total. The van der Waals surface area contributed by atoms with E-state index >= 15 is 0 Å². The van der Waals surface area contributed by atoms with E-state index in [9.17, 15) is 9.59 Å². The number of likely N-dealkylation sites (tertiary alicyclic amines) is 1. The van der Waals surface area contributed by atoms with Gasteiger partial charge in [-0.05, 0) is 31.0 Å². The van der Waals surface area contributed by atoms with Crippen molar-refractivity contribution in [1.82, 2.24) is 10.2 Å². The minimum Gasteiger partial charge on any atom is -0.497 e. The highest BCUT2D eigenvalue weighted by molar-refractivity contribution is 5.94. The van der Waals surface area contributed by atoms with Crippen molar-refractivity contribution in [1.29, 1.82) is 0 Å². The van der Waals surface area contributed by atoms with E-state index in [2.05, 4.69) is 5.32 Å². The van der Waals surface area contributed by atoms with Gasteiger partial charge in [-0.3, -0.25) is 9.59 Å². The summed E-state index contributed by atoms with van der Waals surface area (Å²) in [4.78, 5) is 25.2. The number of piperidine rings is 1. The van der Waals surface area contributed by atoms with E-state index in [-0.39, 0.29) is 17.9 Å². The summed E-state index contributed by atoms with van der Waals surface area (Å²) in [7, 11) is 1.58. The highest BCUT2D eigenvalue weighted by atomic mass is 16.5. The molecule has 1 saturated heterocycles. The predicted octanol–water partition coefficient (Wildman–Crippen LogP) is 1.44. The Morgan fingerprint density at radius 3 is 2.60 bits per heavy atom. The van der Waals surface area contributed by atoms with Crippen LogP contribution in [-0.2, 0) is 4.79 Å². The summed E-state index contributed by atoms with van der Waals surface area (Å²) in [6.45, 7) is 2.99. The van der Waals surface area contributed by atoms with Gasteiger partial charge in [0.05, 0.1) is 7.11 Å². The molecule has 1 aliphatic rings. The Bertz CT molecular complexity index is 494. The second-order valence-corrected chi connectivity index (χ2v) is 4.99. The summed E-state index contributed by atoms with van der Waals surface area (Å²) in [5.74, 6) is 0.678. The van der Waals surface area contributed by atoms with Crippen molar-refractivity contribution >= 4 is 11.8 Å². The molecule has 2 amide bonds. The summed E-state index contributed by atoms with van der Waals surface area (Å²) >= 11 is 0. The first-order valence-electron chi connectivity index (χ1n) is 6.80. The molecule has 1 fully saturated rings. The van der Waals surface area contributed by atoms with E-state index in [0.29, 0.717) is 24.4 Å². The summed E-state index contributed by atoms with van der Waals surface area (Å²) in [6, 6.07) is 7.22. The standard InChI is InChI=1S/C15H20N2O3/c1-11(18)17-8-6-13(7-9-17)16-15(19)12-4-3-5-14(10-12)20-2/h3-5,10,13H,6-9H2,1-2H3,(H,16,19). The molecule has 5 nitrogen and oxygen atoms in total. The average Bonchev–Trinajstić information content (AvgIpc) is 2.47. The average molecular weight is 276 g/mol. The number of nitrogens with zero attached hydrogens (tertiary/aromatic N) is 1. The first-order chi connectivity index (χ1) is 9.60. The Labute approximate surface area is 118 Å². The van der Waals surface area contributed by atoms with Gasteiger partial charge in [0.15, 0.2) is 0 Å². The van der Waals surface area contributed by atoms with Crippen molar-refractivity contribution in [3.05, 3.63) is 29.8 Å². The van der Waals surface area contributed by atoms with Gasteiger partial charge in [-0.25, -0.2) is 0 Å². The van der Waals surface area contributed by atoms with Crippen molar-refractivity contribution in [2.24, 2.45) is 0 Å². The second-order valence-electron chi connectivity index (χ2n) is 4.99. The van der Waals surface area contributed by atoms with Crippen LogP contribution in [0, 0.1) is 0 Å². The molecule has 0 saturated carbocycles. The molecule has 20 heavy (non-hydrogen) atoms. The quantitative estimate of drug-likeness (QED) is 0.908. The van der Waals surface area contributed by atoms with E-state index in [1.807, 2.05) is 11.0 Å². The Hall–Kier alpha value is -2.04. The number of amides is 2. The predicted molar refractivity (Wildman–Crippen MR) is 75.7 cm³/mol. The minimum absolute atomic E-state index is 0.0924. The van der Waals surface area contributed by atoms with Crippen LogP contribution >= 0.6 is 0 Å². The van der Waals surface area contributed by atoms with Crippen molar-refractivity contribution in [2.75, 3.05) is 20.2 Å². The van der Waals surface area contributed by atoms with Crippen LogP contribution in [0.15, 0.2) is 24.3 Å². The fraction of sp³-hybridized carbons (Fsp3) is 0.467. The number of hydrogen-bond donors (Lipinski definition) is 1. The number of carbonyl (C=O) groups is 2. The van der Waals surface area contributed by atoms with Crippen LogP contribution in [-0.4, -0.2) is 43.0 Å². The van der Waals surface area contributed by atoms with Crippen molar-refractivity contribution in [2.45, 2.75) is 25.8 Å². The van der Waals surface area contributed by atoms with E-state index in [0.717, 1.165) is 12.8 Å². The molecule has 1 heterocycles. The van der Waals surface area contributed by atoms with Gasteiger partial charge < -0.3 is 15.0 Å². The fourth-order valence-electron chi connectivity index (χ4n) is 2.37. The molecule has 5 heteroatoms. The molecule has 1 aromatic carbocycles. The monoisotopic (exact) mass is 276 g/mol. The smallest absolute Gasteiger partial charge is 0.251 e. The number of methoxy groups -OCH3 is 1. The van der Waals surface area contributed by atoms with Gasteiger partial charge in [0.2, 0.25) is 5.91 Å². The Kier molecular flexibility index (Phi) is 4.61. The molecule has 108 valence electrons. The maximum Gasteiger partial charge on any atom is 0.251 e. The molecule has 0 radical (unpaired) electrons. The maximum absolute atomic E-state index is 12.1. The lowest BCUT2D eigenvalue weighted by Gasteiger charge is -2.31. The van der Waals surface area contributed by atoms with E-state index in [4.69, 9.17) is 4.74 Å². The fourth-order valence-corrected chi connectivity index (χ4v) is 2.37. The molecular weight excluding hydrogens is 256 g/mol. The Morgan fingerprint density at radius 2 is 2.00 bits per heavy atom. The van der Waals surface area contributed by atoms with Crippen LogP contribution in [0.25, 0.3) is 0 Å². The summed E-state index contributed by atoms with van der Waals surface area (Å²) in [6.07, 6.45) is 1.60. The van der Waals surface area contributed by atoms with Crippen LogP contribution in [0.5, 0.6) is 5.75 Å². The topological polar surface area (TPSA) is 58.6 Å². The van der Waals surface area contributed by atoms with E-state index in [1.165, 1.54) is 0 Å². The van der Waals surface area contributed by atoms with Crippen molar-refractivity contribution < 1.29 is 14.3 Å². The van der Waals surface area contributed by atoms with Crippen LogP contribution < -0.4 is 10.1 Å². The van der Waals surface area contributed by atoms with Gasteiger partial charge in [0, 0.05) is 31.6 Å². The van der Waals surface area contributed by atoms with Crippen molar-refractivity contribution in [3.63, 3.8) is 0 Å². The van der Waals surface area contributed by atoms with Crippen LogP contribution in [0.4, 0.5) is 0 Å². The molecule has 0 aliphatic carbocycles. The Balaban J connectivity index is 1.90. The van der Waals surface area contributed by atoms with Gasteiger partial charge >= 0.3 is 0 Å². The second kappa shape index (κ2) is 6.41. The van der Waals surface area contributed by atoms with Crippen molar-refractivity contribution in [3.8, 4) is 5.75 Å². The third kappa shape index (κ3) is 3.50. The zero-order chi connectivity index (χ0) is 14.5. The number of ether oxygens (including phenoxy) is 1. The highest BCUT2D eigenvalue weighted by Crippen LogP contribution is 2.14. The molecule has 1 aliphatic heterocycles. The molecule has 2 rings (SSSR count). The number of hydrogen-bond acceptors (Lipinski definition) is 3. The minimum atomic E-state index is -0.0924. The molecule has 1 aromatic rings. The van der Waals surface area contributed by atoms with Gasteiger partial charge in [-0.2, -0.15) is 0 Å². The summed E-state index contributed by atoms with van der Waals surface area (Å²) in [5.41, 5.74) is 0.596. The van der Waals surface area contributed by atoms with Gasteiger partial charge in [0.1, 0.15) is 5.75 Å². The van der Waals surface area contributed by atoms with Crippen LogP contribution in [0.3, 0.4) is 0 Å². The number of benzene rings is 1. The molecule has 0 aromatic heterocycles. The first kappa shape index (κ1) is 14.4. The SMILES string of the molecule is COc1cccc(C(=O)NC2CCN(C(C)=O)CC2)c1. The molecule has 0 spiro atoms. The lowest BCUT2D eigenvalue weighted by Crippen LogP contribution is -2.45. The van der Waals surface area contributed by atoms with Crippen LogP contribution in [0.2, 0.25) is 0 Å². The first-order valence-corrected chi connectivity index (χ1v) is 6.80. The zero-order valence-electron chi connectivity index (χ0n) is 11.9. The summed E-state index contributed by atoms with van der Waals surface area (Å²) < 4.78 is 5.11. The maximum atomic E-state index is 12.1. The zero-order valence-corrected chi connectivity index (χ0v) is 11.9. The third-order valence-corrected chi connectivity index (χ3v) is 3.61. The molecule has 0 atom stereocenters. The van der Waals surface area contributed by atoms with Gasteiger partial charge in [-0.15, -0.1) is 0 Å². The Morgan fingerprint density at radius 1 is 1.30 bits per heavy atom. The summed E-state index contributed by atoms with van der Waals surface area (Å²) in [5, 5.41) is 3.01.